The molecule has 32 heavy (non-hydrogen) atoms. The third-order valence-corrected chi connectivity index (χ3v) is 8.66. The number of likely N-dealkylation sites (tertiary alicyclic amines) is 1. The van der Waals surface area contributed by atoms with E-state index in [1.807, 2.05) is 24.5 Å². The Labute approximate surface area is 195 Å². The highest BCUT2D eigenvalue weighted by atomic mass is 32.1. The van der Waals surface area contributed by atoms with Gasteiger partial charge in [0.25, 0.3) is 0 Å². The van der Waals surface area contributed by atoms with Crippen molar-refractivity contribution in [1.29, 1.82) is 0 Å². The SMILES string of the molecule is CCc1cc2c(s1)CCO[C@@]21CCN(Cc2cn(CC(O)(CC)CCCO)nn2)[C@@H](C)C1. The van der Waals surface area contributed by atoms with E-state index in [1.54, 1.807) is 4.68 Å². The first kappa shape index (κ1) is 23.8. The molecule has 4 rings (SSSR count). The van der Waals surface area contributed by atoms with E-state index in [2.05, 4.69) is 35.1 Å². The molecule has 0 radical (unpaired) electrons. The van der Waals surface area contributed by atoms with E-state index < -0.39 is 5.60 Å². The molecule has 0 saturated carbocycles. The summed E-state index contributed by atoms with van der Waals surface area (Å²) in [7, 11) is 0. The van der Waals surface area contributed by atoms with Gasteiger partial charge >= 0.3 is 0 Å². The minimum absolute atomic E-state index is 0.0929. The Hall–Kier alpha value is -1.32. The van der Waals surface area contributed by atoms with Crippen LogP contribution < -0.4 is 0 Å². The molecule has 2 N–H and O–H groups in total. The van der Waals surface area contributed by atoms with E-state index in [0.29, 0.717) is 31.8 Å². The van der Waals surface area contributed by atoms with Gasteiger partial charge in [-0.25, -0.2) is 4.68 Å². The molecular weight excluding hydrogens is 424 g/mol. The fourth-order valence-corrected chi connectivity index (χ4v) is 6.46. The highest BCUT2D eigenvalue weighted by Crippen LogP contribution is 2.46. The zero-order valence-corrected chi connectivity index (χ0v) is 20.5. The predicted octanol–water partition coefficient (Wildman–Crippen LogP) is 3.27. The lowest BCUT2D eigenvalue weighted by Gasteiger charge is -2.47. The predicted molar refractivity (Wildman–Crippen MR) is 126 cm³/mol. The quantitative estimate of drug-likeness (QED) is 0.595. The first-order valence-electron chi connectivity index (χ1n) is 12.1. The number of aliphatic hydroxyl groups excluding tert-OH is 1. The fraction of sp³-hybridized carbons (Fsp3) is 0.750. The maximum Gasteiger partial charge on any atom is 0.0969 e. The second-order valence-electron chi connectivity index (χ2n) is 9.58. The van der Waals surface area contributed by atoms with Gasteiger partial charge in [0.1, 0.15) is 0 Å². The molecule has 0 aromatic carbocycles. The molecule has 178 valence electrons. The van der Waals surface area contributed by atoms with E-state index in [-0.39, 0.29) is 12.2 Å². The molecule has 1 unspecified atom stereocenters. The fourth-order valence-electron chi connectivity index (χ4n) is 5.28. The van der Waals surface area contributed by atoms with Crippen LogP contribution in [0, 0.1) is 0 Å². The summed E-state index contributed by atoms with van der Waals surface area (Å²) in [6, 6.07) is 2.79. The molecule has 2 aliphatic heterocycles. The summed E-state index contributed by atoms with van der Waals surface area (Å²) in [5.41, 5.74) is 1.40. The van der Waals surface area contributed by atoms with Crippen LogP contribution in [0.4, 0.5) is 0 Å². The van der Waals surface area contributed by atoms with Gasteiger partial charge in [-0.15, -0.1) is 16.4 Å². The average molecular weight is 463 g/mol. The molecule has 1 fully saturated rings. The summed E-state index contributed by atoms with van der Waals surface area (Å²) in [4.78, 5) is 5.47. The summed E-state index contributed by atoms with van der Waals surface area (Å²) >= 11 is 1.97. The summed E-state index contributed by atoms with van der Waals surface area (Å²) in [5, 5.41) is 28.5. The second-order valence-corrected chi connectivity index (χ2v) is 10.8. The van der Waals surface area contributed by atoms with E-state index in [9.17, 15) is 5.11 Å². The Morgan fingerprint density at radius 2 is 2.22 bits per heavy atom. The van der Waals surface area contributed by atoms with Crippen molar-refractivity contribution in [2.24, 2.45) is 0 Å². The number of hydrogen-bond donors (Lipinski definition) is 2. The molecule has 7 nitrogen and oxygen atoms in total. The molecule has 0 bridgehead atoms. The first-order chi connectivity index (χ1) is 15.4. The van der Waals surface area contributed by atoms with Gasteiger partial charge in [-0.05, 0) is 57.1 Å². The number of aliphatic hydroxyl groups is 2. The van der Waals surface area contributed by atoms with Gasteiger partial charge in [0.2, 0.25) is 0 Å². The highest BCUT2D eigenvalue weighted by molar-refractivity contribution is 7.12. The molecule has 2 aromatic heterocycles. The Bertz CT molecular complexity index is 900. The van der Waals surface area contributed by atoms with Crippen molar-refractivity contribution in [3.8, 4) is 0 Å². The molecule has 2 aliphatic rings. The Kier molecular flexibility index (Phi) is 7.36. The van der Waals surface area contributed by atoms with Crippen molar-refractivity contribution in [2.45, 2.75) is 96.1 Å². The normalized spacial score (nSPS) is 25.7. The number of piperidine rings is 1. The second kappa shape index (κ2) is 9.89. The number of rotatable bonds is 9. The van der Waals surface area contributed by atoms with Crippen molar-refractivity contribution in [2.75, 3.05) is 19.8 Å². The Balaban J connectivity index is 1.39. The van der Waals surface area contributed by atoms with Crippen molar-refractivity contribution in [1.82, 2.24) is 19.9 Å². The van der Waals surface area contributed by atoms with Crippen molar-refractivity contribution >= 4 is 11.3 Å². The standard InChI is InChI=1S/C24H38N4O3S/c1-4-20-13-21-22(32-20)7-12-31-24(21)9-10-27(18(3)14-24)15-19-16-28(26-25-19)17-23(30,5-2)8-6-11-29/h13,16,18,29-30H,4-12,14-15,17H2,1-3H3/t18-,23?,24+/m0/s1. The zero-order chi connectivity index (χ0) is 22.8. The van der Waals surface area contributed by atoms with E-state index in [1.165, 1.54) is 15.3 Å². The monoisotopic (exact) mass is 462 g/mol. The molecular formula is C24H38N4O3S. The van der Waals surface area contributed by atoms with Gasteiger partial charge in [-0.3, -0.25) is 4.90 Å². The van der Waals surface area contributed by atoms with E-state index >= 15 is 0 Å². The number of hydrogen-bond acceptors (Lipinski definition) is 7. The van der Waals surface area contributed by atoms with Gasteiger partial charge in [-0.2, -0.15) is 0 Å². The molecule has 0 amide bonds. The first-order valence-corrected chi connectivity index (χ1v) is 12.9. The summed E-state index contributed by atoms with van der Waals surface area (Å²) in [6.07, 6.45) is 7.89. The lowest BCUT2D eigenvalue weighted by Crippen LogP contribution is -2.50. The van der Waals surface area contributed by atoms with Crippen LogP contribution in [0.5, 0.6) is 0 Å². The van der Waals surface area contributed by atoms with Crippen LogP contribution in [0.25, 0.3) is 0 Å². The minimum Gasteiger partial charge on any atom is -0.396 e. The van der Waals surface area contributed by atoms with Crippen LogP contribution in [0.3, 0.4) is 0 Å². The third kappa shape index (κ3) is 4.94. The van der Waals surface area contributed by atoms with Gasteiger partial charge in [0.05, 0.1) is 30.0 Å². The van der Waals surface area contributed by atoms with Crippen molar-refractivity contribution in [3.63, 3.8) is 0 Å². The summed E-state index contributed by atoms with van der Waals surface area (Å²) < 4.78 is 8.22. The van der Waals surface area contributed by atoms with E-state index in [0.717, 1.165) is 51.1 Å². The van der Waals surface area contributed by atoms with Gasteiger partial charge in [-0.1, -0.05) is 19.1 Å². The topological polar surface area (TPSA) is 83.6 Å². The number of aromatic nitrogens is 3. The van der Waals surface area contributed by atoms with Gasteiger partial charge < -0.3 is 14.9 Å². The largest absolute Gasteiger partial charge is 0.396 e. The number of nitrogens with zero attached hydrogens (tertiary/aromatic N) is 4. The Morgan fingerprint density at radius 1 is 1.38 bits per heavy atom. The molecule has 2 aromatic rings. The Morgan fingerprint density at radius 3 is 2.94 bits per heavy atom. The maximum absolute atomic E-state index is 10.8. The van der Waals surface area contributed by atoms with Crippen LogP contribution in [0.1, 0.15) is 73.9 Å². The minimum atomic E-state index is -0.855. The van der Waals surface area contributed by atoms with Gasteiger partial charge in [0.15, 0.2) is 0 Å². The van der Waals surface area contributed by atoms with Crippen LogP contribution >= 0.6 is 11.3 Å². The lowest BCUT2D eigenvalue weighted by atomic mass is 9.79. The molecule has 3 atom stereocenters. The van der Waals surface area contributed by atoms with Crippen LogP contribution in [-0.4, -0.2) is 61.5 Å². The molecule has 0 aliphatic carbocycles. The number of aryl methyl sites for hydroxylation is 1. The number of fused-ring (bicyclic) bond motifs is 2. The van der Waals surface area contributed by atoms with Crippen molar-refractivity contribution in [3.05, 3.63) is 33.3 Å². The molecule has 1 spiro atoms. The number of thiophene rings is 1. The zero-order valence-electron chi connectivity index (χ0n) is 19.7. The van der Waals surface area contributed by atoms with Gasteiger partial charge in [0, 0.05) is 48.1 Å². The molecule has 1 saturated heterocycles. The third-order valence-electron chi connectivity index (χ3n) is 7.32. The highest BCUT2D eigenvalue weighted by Gasteiger charge is 2.44. The lowest BCUT2D eigenvalue weighted by molar-refractivity contribution is -0.112. The average Bonchev–Trinajstić information content (AvgIpc) is 3.42. The molecule has 8 heteroatoms. The summed E-state index contributed by atoms with van der Waals surface area (Å²) in [6.45, 7) is 9.55. The maximum atomic E-state index is 10.8. The smallest absolute Gasteiger partial charge is 0.0969 e. The molecule has 4 heterocycles. The van der Waals surface area contributed by atoms with Crippen LogP contribution in [0.2, 0.25) is 0 Å². The van der Waals surface area contributed by atoms with Crippen molar-refractivity contribution < 1.29 is 14.9 Å². The summed E-state index contributed by atoms with van der Waals surface area (Å²) in [5.74, 6) is 0. The number of ether oxygens (including phenoxy) is 1. The van der Waals surface area contributed by atoms with Crippen LogP contribution in [0.15, 0.2) is 12.3 Å². The van der Waals surface area contributed by atoms with Crippen LogP contribution in [-0.2, 0) is 36.3 Å². The van der Waals surface area contributed by atoms with E-state index in [4.69, 9.17) is 9.84 Å².